The molecule has 1 aliphatic rings. The highest BCUT2D eigenvalue weighted by molar-refractivity contribution is 5.82. The average molecular weight is 362 g/mol. The van der Waals surface area contributed by atoms with Gasteiger partial charge in [0.2, 0.25) is 5.88 Å². The van der Waals surface area contributed by atoms with E-state index in [4.69, 9.17) is 14.5 Å². The lowest BCUT2D eigenvalue weighted by Gasteiger charge is -2.07. The summed E-state index contributed by atoms with van der Waals surface area (Å²) >= 11 is 0. The number of fused-ring (bicyclic) bond motifs is 2. The summed E-state index contributed by atoms with van der Waals surface area (Å²) in [6.45, 7) is 0.684. The Balaban J connectivity index is 1.80. The number of aromatic nitrogens is 4. The second kappa shape index (κ2) is 6.05. The molecule has 0 saturated carbocycles. The van der Waals surface area contributed by atoms with Gasteiger partial charge in [0.15, 0.2) is 5.65 Å². The van der Waals surface area contributed by atoms with Crippen molar-refractivity contribution < 1.29 is 13.9 Å². The van der Waals surface area contributed by atoms with Crippen LogP contribution in [0.4, 0.5) is 4.39 Å². The summed E-state index contributed by atoms with van der Waals surface area (Å²) in [7, 11) is 1.55. The standard InChI is InChI=1S/C20H15FN4O2/c1-26-18-5-4-17-23-19(13-3-2-12-6-7-27-16(12)9-13)20(25(17)24-18)14-8-15(21)11-22-10-14/h2-5,8-11H,6-7H2,1H3. The molecule has 0 aliphatic carbocycles. The Kier molecular flexibility index (Phi) is 3.53. The molecule has 0 amide bonds. The molecule has 4 heterocycles. The highest BCUT2D eigenvalue weighted by atomic mass is 19.1. The van der Waals surface area contributed by atoms with E-state index in [0.717, 1.165) is 17.7 Å². The number of methoxy groups -OCH3 is 1. The van der Waals surface area contributed by atoms with E-state index in [9.17, 15) is 4.39 Å². The maximum atomic E-state index is 13.9. The Morgan fingerprint density at radius 3 is 2.89 bits per heavy atom. The maximum absolute atomic E-state index is 13.9. The fraction of sp³-hybridized carbons (Fsp3) is 0.150. The molecule has 5 rings (SSSR count). The lowest BCUT2D eigenvalue weighted by atomic mass is 10.0. The van der Waals surface area contributed by atoms with Gasteiger partial charge < -0.3 is 9.47 Å². The van der Waals surface area contributed by atoms with Crippen LogP contribution in [0.15, 0.2) is 48.8 Å². The quantitative estimate of drug-likeness (QED) is 0.558. The third kappa shape index (κ3) is 2.59. The summed E-state index contributed by atoms with van der Waals surface area (Å²) in [5.74, 6) is 0.876. The molecule has 0 unspecified atom stereocenters. The lowest BCUT2D eigenvalue weighted by Crippen LogP contribution is -1.98. The van der Waals surface area contributed by atoms with Gasteiger partial charge in [0.25, 0.3) is 0 Å². The lowest BCUT2D eigenvalue weighted by molar-refractivity contribution is 0.357. The number of imidazole rings is 1. The number of rotatable bonds is 3. The van der Waals surface area contributed by atoms with Crippen LogP contribution in [0.5, 0.6) is 11.6 Å². The van der Waals surface area contributed by atoms with Gasteiger partial charge >= 0.3 is 0 Å². The Morgan fingerprint density at radius 1 is 1.11 bits per heavy atom. The number of ether oxygens (including phenoxy) is 2. The minimum Gasteiger partial charge on any atom is -0.493 e. The van der Waals surface area contributed by atoms with E-state index in [1.807, 2.05) is 24.3 Å². The summed E-state index contributed by atoms with van der Waals surface area (Å²) < 4.78 is 26.4. The molecule has 134 valence electrons. The van der Waals surface area contributed by atoms with E-state index < -0.39 is 5.82 Å². The molecule has 7 heteroatoms. The molecular weight excluding hydrogens is 347 g/mol. The first kappa shape index (κ1) is 15.7. The third-order valence-electron chi connectivity index (χ3n) is 4.61. The molecule has 0 bridgehead atoms. The van der Waals surface area contributed by atoms with Gasteiger partial charge in [-0.05, 0) is 23.8 Å². The second-order valence-electron chi connectivity index (χ2n) is 6.27. The first-order chi connectivity index (χ1) is 13.2. The Labute approximate surface area is 154 Å². The van der Waals surface area contributed by atoms with Crippen molar-refractivity contribution in [3.8, 4) is 34.1 Å². The van der Waals surface area contributed by atoms with E-state index in [1.165, 1.54) is 17.8 Å². The van der Waals surface area contributed by atoms with E-state index in [2.05, 4.69) is 10.1 Å². The largest absolute Gasteiger partial charge is 0.493 e. The normalized spacial score (nSPS) is 12.8. The first-order valence-electron chi connectivity index (χ1n) is 8.54. The highest BCUT2D eigenvalue weighted by Crippen LogP contribution is 2.36. The van der Waals surface area contributed by atoms with Crippen LogP contribution in [0.1, 0.15) is 5.56 Å². The van der Waals surface area contributed by atoms with Crippen LogP contribution in [-0.4, -0.2) is 33.3 Å². The fourth-order valence-electron chi connectivity index (χ4n) is 3.34. The van der Waals surface area contributed by atoms with Crippen molar-refractivity contribution in [2.45, 2.75) is 6.42 Å². The molecule has 1 aromatic carbocycles. The maximum Gasteiger partial charge on any atom is 0.231 e. The van der Waals surface area contributed by atoms with Gasteiger partial charge in [-0.15, -0.1) is 5.10 Å². The van der Waals surface area contributed by atoms with Crippen LogP contribution >= 0.6 is 0 Å². The van der Waals surface area contributed by atoms with Crippen LogP contribution in [0, 0.1) is 5.82 Å². The smallest absolute Gasteiger partial charge is 0.231 e. The van der Waals surface area contributed by atoms with Gasteiger partial charge in [-0.3, -0.25) is 4.98 Å². The Bertz CT molecular complexity index is 1170. The van der Waals surface area contributed by atoms with E-state index in [1.54, 1.807) is 23.9 Å². The summed E-state index contributed by atoms with van der Waals surface area (Å²) in [5, 5.41) is 4.47. The second-order valence-corrected chi connectivity index (χ2v) is 6.27. The molecule has 0 spiro atoms. The topological polar surface area (TPSA) is 61.5 Å². The van der Waals surface area contributed by atoms with Gasteiger partial charge in [0.05, 0.1) is 25.6 Å². The molecule has 27 heavy (non-hydrogen) atoms. The van der Waals surface area contributed by atoms with Crippen LogP contribution < -0.4 is 9.47 Å². The average Bonchev–Trinajstić information content (AvgIpc) is 3.31. The Morgan fingerprint density at radius 2 is 2.04 bits per heavy atom. The van der Waals surface area contributed by atoms with E-state index in [0.29, 0.717) is 35.1 Å². The fourth-order valence-corrected chi connectivity index (χ4v) is 3.34. The molecule has 0 radical (unpaired) electrons. The van der Waals surface area contributed by atoms with Crippen LogP contribution in [0.2, 0.25) is 0 Å². The number of halogens is 1. The molecule has 0 fully saturated rings. The van der Waals surface area contributed by atoms with Crippen molar-refractivity contribution >= 4 is 5.65 Å². The van der Waals surface area contributed by atoms with Gasteiger partial charge in [-0.1, -0.05) is 12.1 Å². The molecule has 4 aromatic rings. The van der Waals surface area contributed by atoms with Crippen LogP contribution in [-0.2, 0) is 6.42 Å². The monoisotopic (exact) mass is 362 g/mol. The van der Waals surface area contributed by atoms with Crippen molar-refractivity contribution in [3.63, 3.8) is 0 Å². The number of hydrogen-bond donors (Lipinski definition) is 0. The van der Waals surface area contributed by atoms with Crippen molar-refractivity contribution in [3.05, 3.63) is 60.2 Å². The summed E-state index contributed by atoms with van der Waals surface area (Å²) in [6, 6.07) is 11.0. The van der Waals surface area contributed by atoms with Crippen molar-refractivity contribution in [1.29, 1.82) is 0 Å². The van der Waals surface area contributed by atoms with Crippen LogP contribution in [0.25, 0.3) is 28.2 Å². The highest BCUT2D eigenvalue weighted by Gasteiger charge is 2.21. The zero-order valence-electron chi connectivity index (χ0n) is 14.5. The minimum absolute atomic E-state index is 0.423. The summed E-state index contributed by atoms with van der Waals surface area (Å²) in [5.41, 5.74) is 4.59. The van der Waals surface area contributed by atoms with E-state index >= 15 is 0 Å². The first-order valence-corrected chi connectivity index (χ1v) is 8.54. The number of hydrogen-bond acceptors (Lipinski definition) is 5. The predicted molar refractivity (Wildman–Crippen MR) is 97.4 cm³/mol. The van der Waals surface area contributed by atoms with Crippen molar-refractivity contribution in [2.24, 2.45) is 0 Å². The minimum atomic E-state index is -0.423. The van der Waals surface area contributed by atoms with Gasteiger partial charge in [-0.2, -0.15) is 0 Å². The van der Waals surface area contributed by atoms with Crippen molar-refractivity contribution in [1.82, 2.24) is 19.6 Å². The van der Waals surface area contributed by atoms with E-state index in [-0.39, 0.29) is 0 Å². The third-order valence-corrected chi connectivity index (χ3v) is 4.61. The number of benzene rings is 1. The Hall–Kier alpha value is -3.48. The molecule has 0 saturated heterocycles. The summed E-state index contributed by atoms with van der Waals surface area (Å²) in [4.78, 5) is 8.71. The summed E-state index contributed by atoms with van der Waals surface area (Å²) in [6.07, 6.45) is 3.67. The van der Waals surface area contributed by atoms with Gasteiger partial charge in [0.1, 0.15) is 17.3 Å². The number of nitrogens with zero attached hydrogens (tertiary/aromatic N) is 4. The predicted octanol–water partition coefficient (Wildman–Crippen LogP) is 3.54. The van der Waals surface area contributed by atoms with Crippen LogP contribution in [0.3, 0.4) is 0 Å². The molecule has 6 nitrogen and oxygen atoms in total. The molecule has 1 aliphatic heterocycles. The molecule has 0 atom stereocenters. The van der Waals surface area contributed by atoms with Gasteiger partial charge in [-0.25, -0.2) is 13.9 Å². The SMILES string of the molecule is COc1ccc2nc(-c3ccc4c(c3)OCC4)c(-c3cncc(F)c3)n2n1. The molecular formula is C20H15FN4O2. The zero-order chi connectivity index (χ0) is 18.4. The molecule has 3 aromatic heterocycles. The van der Waals surface area contributed by atoms with Gasteiger partial charge in [0, 0.05) is 29.8 Å². The molecule has 0 N–H and O–H groups in total. The van der Waals surface area contributed by atoms with Crippen molar-refractivity contribution in [2.75, 3.05) is 13.7 Å². The zero-order valence-corrected chi connectivity index (χ0v) is 14.5. The number of pyridine rings is 1.